The molecule has 0 saturated heterocycles. The Kier molecular flexibility index (Phi) is 6.79. The molecular weight excluding hydrogens is 336 g/mol. The molecule has 26 heavy (non-hydrogen) atoms. The second-order valence-corrected chi connectivity index (χ2v) is 5.21. The Morgan fingerprint density at radius 1 is 0.923 bits per heavy atom. The lowest BCUT2D eigenvalue weighted by molar-refractivity contribution is -0.136. The van der Waals surface area contributed by atoms with Crippen molar-refractivity contribution in [2.45, 2.75) is 0 Å². The summed E-state index contributed by atoms with van der Waals surface area (Å²) >= 11 is 0. The van der Waals surface area contributed by atoms with Crippen LogP contribution in [0.15, 0.2) is 48.5 Å². The summed E-state index contributed by atoms with van der Waals surface area (Å²) in [5, 5.41) is 0. The number of rotatable bonds is 8. The Hall–Kier alpha value is -3.28. The molecule has 0 aromatic heterocycles. The van der Waals surface area contributed by atoms with Gasteiger partial charge >= 0.3 is 5.97 Å². The zero-order valence-electron chi connectivity index (χ0n) is 14.9. The van der Waals surface area contributed by atoms with Crippen LogP contribution in [0.25, 0.3) is 6.08 Å². The summed E-state index contributed by atoms with van der Waals surface area (Å²) in [6.45, 7) is -0.398. The highest BCUT2D eigenvalue weighted by Crippen LogP contribution is 2.24. The lowest BCUT2D eigenvalue weighted by Crippen LogP contribution is -2.13. The van der Waals surface area contributed by atoms with Gasteiger partial charge in [-0.15, -0.1) is 0 Å². The normalized spacial score (nSPS) is 10.4. The van der Waals surface area contributed by atoms with E-state index in [0.717, 1.165) is 5.56 Å². The van der Waals surface area contributed by atoms with Gasteiger partial charge in [0.15, 0.2) is 6.61 Å². The highest BCUT2D eigenvalue weighted by Gasteiger charge is 2.15. The van der Waals surface area contributed by atoms with Crippen LogP contribution in [0, 0.1) is 0 Å². The van der Waals surface area contributed by atoms with Gasteiger partial charge < -0.3 is 18.9 Å². The molecule has 0 unspecified atom stereocenters. The van der Waals surface area contributed by atoms with Crippen LogP contribution < -0.4 is 14.2 Å². The maximum absolute atomic E-state index is 12.3. The van der Waals surface area contributed by atoms with Crippen LogP contribution in [0.1, 0.15) is 15.9 Å². The van der Waals surface area contributed by atoms with Crippen molar-refractivity contribution in [1.29, 1.82) is 0 Å². The summed E-state index contributed by atoms with van der Waals surface area (Å²) < 4.78 is 20.4. The van der Waals surface area contributed by atoms with Crippen molar-refractivity contribution < 1.29 is 28.5 Å². The number of hydrogen-bond acceptors (Lipinski definition) is 6. The fraction of sp³-hybridized carbons (Fsp3) is 0.200. The number of hydrogen-bond donors (Lipinski definition) is 0. The third kappa shape index (κ3) is 5.11. The van der Waals surface area contributed by atoms with E-state index >= 15 is 0 Å². The minimum atomic E-state index is -0.622. The number of Topliss-reactive ketones (excluding diaryl/α,β-unsaturated/α-hetero) is 1. The summed E-state index contributed by atoms with van der Waals surface area (Å²) in [5.74, 6) is 0.574. The highest BCUT2D eigenvalue weighted by molar-refractivity contribution is 6.01. The van der Waals surface area contributed by atoms with Crippen molar-refractivity contribution in [2.24, 2.45) is 0 Å². The number of ether oxygens (including phenoxy) is 4. The summed E-state index contributed by atoms with van der Waals surface area (Å²) in [5.41, 5.74) is 1.07. The van der Waals surface area contributed by atoms with Crippen molar-refractivity contribution in [2.75, 3.05) is 27.9 Å². The third-order valence-electron chi connectivity index (χ3n) is 3.56. The van der Waals surface area contributed by atoms with Crippen LogP contribution >= 0.6 is 0 Å². The summed E-state index contributed by atoms with van der Waals surface area (Å²) in [6.07, 6.45) is 2.84. The molecule has 0 aliphatic heterocycles. The number of carbonyl (C=O) groups is 2. The largest absolute Gasteiger partial charge is 0.497 e. The number of methoxy groups -OCH3 is 3. The summed E-state index contributed by atoms with van der Waals surface area (Å²) in [4.78, 5) is 24.1. The Morgan fingerprint density at radius 2 is 1.65 bits per heavy atom. The van der Waals surface area contributed by atoms with E-state index in [1.54, 1.807) is 43.5 Å². The third-order valence-corrected chi connectivity index (χ3v) is 3.56. The fourth-order valence-electron chi connectivity index (χ4n) is 2.20. The maximum Gasteiger partial charge on any atom is 0.331 e. The zero-order chi connectivity index (χ0) is 18.9. The molecule has 2 rings (SSSR count). The molecule has 0 N–H and O–H groups in total. The first-order valence-electron chi connectivity index (χ1n) is 7.81. The van der Waals surface area contributed by atoms with Crippen molar-refractivity contribution >= 4 is 17.8 Å². The van der Waals surface area contributed by atoms with Gasteiger partial charge in [0, 0.05) is 6.08 Å². The Bertz CT molecular complexity index is 810. The van der Waals surface area contributed by atoms with E-state index in [-0.39, 0.29) is 11.3 Å². The van der Waals surface area contributed by atoms with Crippen LogP contribution in [0.4, 0.5) is 0 Å². The van der Waals surface area contributed by atoms with E-state index in [0.29, 0.717) is 17.2 Å². The minimum Gasteiger partial charge on any atom is -0.497 e. The minimum absolute atomic E-state index is 0.288. The molecule has 0 atom stereocenters. The molecular formula is C20H20O6. The van der Waals surface area contributed by atoms with Gasteiger partial charge in [-0.2, -0.15) is 0 Å². The number of ketones is 1. The number of benzene rings is 2. The SMILES string of the molecule is COc1cccc(/C=C/C(=O)OCC(=O)c2cc(OC)ccc2OC)c1. The van der Waals surface area contributed by atoms with Crippen molar-refractivity contribution in [3.05, 3.63) is 59.7 Å². The quantitative estimate of drug-likeness (QED) is 0.411. The monoisotopic (exact) mass is 356 g/mol. The smallest absolute Gasteiger partial charge is 0.331 e. The van der Waals surface area contributed by atoms with Crippen molar-refractivity contribution in [3.8, 4) is 17.2 Å². The lowest BCUT2D eigenvalue weighted by atomic mass is 10.1. The van der Waals surface area contributed by atoms with Gasteiger partial charge in [-0.25, -0.2) is 4.79 Å². The van der Waals surface area contributed by atoms with E-state index in [1.165, 1.54) is 20.3 Å². The van der Waals surface area contributed by atoms with Crippen LogP contribution in [0.2, 0.25) is 0 Å². The van der Waals surface area contributed by atoms with Crippen LogP contribution in [0.3, 0.4) is 0 Å². The zero-order valence-corrected chi connectivity index (χ0v) is 14.9. The lowest BCUT2D eigenvalue weighted by Gasteiger charge is -2.09. The number of esters is 1. The molecule has 0 aliphatic rings. The van der Waals surface area contributed by atoms with Gasteiger partial charge in [-0.1, -0.05) is 12.1 Å². The first kappa shape index (κ1) is 19.1. The van der Waals surface area contributed by atoms with E-state index in [4.69, 9.17) is 18.9 Å². The molecule has 0 fully saturated rings. The van der Waals surface area contributed by atoms with E-state index in [9.17, 15) is 9.59 Å². The number of carbonyl (C=O) groups excluding carboxylic acids is 2. The highest BCUT2D eigenvalue weighted by atomic mass is 16.5. The fourth-order valence-corrected chi connectivity index (χ4v) is 2.20. The molecule has 0 saturated carbocycles. The van der Waals surface area contributed by atoms with Gasteiger partial charge in [-0.3, -0.25) is 4.79 Å². The molecule has 6 heteroatoms. The summed E-state index contributed by atoms with van der Waals surface area (Å²) in [7, 11) is 4.52. The maximum atomic E-state index is 12.3. The van der Waals surface area contributed by atoms with Gasteiger partial charge in [0.05, 0.1) is 26.9 Å². The van der Waals surface area contributed by atoms with Crippen LogP contribution in [-0.4, -0.2) is 39.7 Å². The molecule has 0 bridgehead atoms. The topological polar surface area (TPSA) is 71.1 Å². The Balaban J connectivity index is 1.98. The molecule has 2 aromatic rings. The van der Waals surface area contributed by atoms with Gasteiger partial charge in [0.1, 0.15) is 17.2 Å². The first-order chi connectivity index (χ1) is 12.6. The Labute approximate surface area is 151 Å². The van der Waals surface area contributed by atoms with Crippen molar-refractivity contribution in [3.63, 3.8) is 0 Å². The molecule has 2 aromatic carbocycles. The molecule has 0 aliphatic carbocycles. The Morgan fingerprint density at radius 3 is 2.35 bits per heavy atom. The second-order valence-electron chi connectivity index (χ2n) is 5.21. The predicted molar refractivity (Wildman–Crippen MR) is 96.9 cm³/mol. The molecule has 136 valence electrons. The van der Waals surface area contributed by atoms with Gasteiger partial charge in [0.2, 0.25) is 5.78 Å². The second kappa shape index (κ2) is 9.27. The molecule has 0 heterocycles. The van der Waals surface area contributed by atoms with Gasteiger partial charge in [0.25, 0.3) is 0 Å². The van der Waals surface area contributed by atoms with Crippen LogP contribution in [0.5, 0.6) is 17.2 Å². The van der Waals surface area contributed by atoms with E-state index in [1.807, 2.05) is 12.1 Å². The molecule has 0 radical (unpaired) electrons. The molecule has 0 amide bonds. The van der Waals surface area contributed by atoms with E-state index in [2.05, 4.69) is 0 Å². The molecule has 6 nitrogen and oxygen atoms in total. The van der Waals surface area contributed by atoms with Crippen LogP contribution in [-0.2, 0) is 9.53 Å². The standard InChI is InChI=1S/C20H20O6/c1-23-15-6-4-5-14(11-15)7-10-20(22)26-13-18(21)17-12-16(24-2)8-9-19(17)25-3/h4-12H,13H2,1-3H3/b10-7+. The summed E-state index contributed by atoms with van der Waals surface area (Å²) in [6, 6.07) is 12.0. The first-order valence-corrected chi connectivity index (χ1v) is 7.81. The van der Waals surface area contributed by atoms with E-state index < -0.39 is 12.6 Å². The van der Waals surface area contributed by atoms with Gasteiger partial charge in [-0.05, 0) is 42.0 Å². The average molecular weight is 356 g/mol. The predicted octanol–water partition coefficient (Wildman–Crippen LogP) is 3.15. The average Bonchev–Trinajstić information content (AvgIpc) is 2.69. The molecule has 0 spiro atoms. The van der Waals surface area contributed by atoms with Crippen molar-refractivity contribution in [1.82, 2.24) is 0 Å².